The zero-order valence-corrected chi connectivity index (χ0v) is 15.3. The van der Waals surface area contributed by atoms with Gasteiger partial charge in [-0.25, -0.2) is 4.98 Å². The second kappa shape index (κ2) is 6.80. The molecule has 0 aliphatic carbocycles. The van der Waals surface area contributed by atoms with Crippen LogP contribution in [0, 0.1) is 0 Å². The van der Waals surface area contributed by atoms with Crippen LogP contribution in [0.25, 0.3) is 11.1 Å². The third-order valence-electron chi connectivity index (χ3n) is 3.69. The highest BCUT2D eigenvalue weighted by Gasteiger charge is 2.21. The van der Waals surface area contributed by atoms with Gasteiger partial charge in [0.15, 0.2) is 11.4 Å². The van der Waals surface area contributed by atoms with Gasteiger partial charge in [-0.3, -0.25) is 9.59 Å². The van der Waals surface area contributed by atoms with Crippen molar-refractivity contribution in [2.45, 2.75) is 39.0 Å². The van der Waals surface area contributed by atoms with E-state index in [0.717, 1.165) is 0 Å². The van der Waals surface area contributed by atoms with Gasteiger partial charge in [0, 0.05) is 23.9 Å². The Balaban J connectivity index is 1.64. The Labute approximate surface area is 150 Å². The lowest BCUT2D eigenvalue weighted by atomic mass is 9.97. The SMILES string of the molecule is CC(C)(C)c1nc2cc(NC(=O)CCC(=O)c3cccs3)ccc2o1. The van der Waals surface area contributed by atoms with E-state index < -0.39 is 0 Å². The topological polar surface area (TPSA) is 72.2 Å². The van der Waals surface area contributed by atoms with Crippen molar-refractivity contribution in [3.8, 4) is 0 Å². The number of nitrogens with one attached hydrogen (secondary N) is 1. The standard InChI is InChI=1S/C19H20N2O3S/c1-19(2,3)18-21-13-11-12(6-8-15(13)24-18)20-17(23)9-7-14(22)16-5-4-10-25-16/h4-6,8,10-11H,7,9H2,1-3H3,(H,20,23). The van der Waals surface area contributed by atoms with Crippen molar-refractivity contribution >= 4 is 39.8 Å². The van der Waals surface area contributed by atoms with E-state index in [1.807, 2.05) is 32.2 Å². The molecule has 0 saturated carbocycles. The van der Waals surface area contributed by atoms with Gasteiger partial charge in [0.25, 0.3) is 0 Å². The van der Waals surface area contributed by atoms with Crippen LogP contribution in [0.5, 0.6) is 0 Å². The summed E-state index contributed by atoms with van der Waals surface area (Å²) in [4.78, 5) is 29.2. The Bertz CT molecular complexity index is 905. The lowest BCUT2D eigenvalue weighted by Gasteiger charge is -2.11. The number of thiophene rings is 1. The summed E-state index contributed by atoms with van der Waals surface area (Å²) in [7, 11) is 0. The number of hydrogen-bond acceptors (Lipinski definition) is 5. The van der Waals surface area contributed by atoms with Crippen molar-refractivity contribution in [3.63, 3.8) is 0 Å². The molecular formula is C19H20N2O3S. The molecule has 0 bridgehead atoms. The van der Waals surface area contributed by atoms with Crippen LogP contribution in [0.2, 0.25) is 0 Å². The van der Waals surface area contributed by atoms with E-state index in [9.17, 15) is 9.59 Å². The second-order valence-electron chi connectivity index (χ2n) is 6.90. The molecule has 0 aliphatic heterocycles. The minimum absolute atomic E-state index is 0.00748. The summed E-state index contributed by atoms with van der Waals surface area (Å²) in [6.07, 6.45) is 0.355. The number of rotatable bonds is 5. The average Bonchev–Trinajstić information content (AvgIpc) is 3.20. The fourth-order valence-electron chi connectivity index (χ4n) is 2.34. The van der Waals surface area contributed by atoms with Crippen LogP contribution in [0.1, 0.15) is 49.2 Å². The quantitative estimate of drug-likeness (QED) is 0.667. The number of amides is 1. The summed E-state index contributed by atoms with van der Waals surface area (Å²) in [6, 6.07) is 8.96. The van der Waals surface area contributed by atoms with Crippen molar-refractivity contribution in [1.82, 2.24) is 4.98 Å². The summed E-state index contributed by atoms with van der Waals surface area (Å²) in [5.74, 6) is 0.461. The smallest absolute Gasteiger partial charge is 0.224 e. The number of Topliss-reactive ketones (excluding diaryl/α,β-unsaturated/α-hetero) is 1. The molecule has 2 heterocycles. The van der Waals surface area contributed by atoms with Crippen molar-refractivity contribution in [2.24, 2.45) is 0 Å². The predicted molar refractivity (Wildman–Crippen MR) is 99.2 cm³/mol. The van der Waals surface area contributed by atoms with Crippen LogP contribution >= 0.6 is 11.3 Å². The van der Waals surface area contributed by atoms with Gasteiger partial charge in [-0.05, 0) is 29.6 Å². The minimum atomic E-state index is -0.191. The Morgan fingerprint density at radius 1 is 1.20 bits per heavy atom. The summed E-state index contributed by atoms with van der Waals surface area (Å²) in [5.41, 5.74) is 1.87. The van der Waals surface area contributed by atoms with Crippen molar-refractivity contribution in [3.05, 3.63) is 46.5 Å². The molecule has 0 fully saturated rings. The molecule has 3 aromatic rings. The number of anilines is 1. The highest BCUT2D eigenvalue weighted by Crippen LogP contribution is 2.27. The van der Waals surface area contributed by atoms with Gasteiger partial charge in [0.1, 0.15) is 5.52 Å². The van der Waals surface area contributed by atoms with Crippen LogP contribution in [-0.2, 0) is 10.2 Å². The molecule has 0 atom stereocenters. The monoisotopic (exact) mass is 356 g/mol. The number of aromatic nitrogens is 1. The summed E-state index contributed by atoms with van der Waals surface area (Å²) in [5, 5.41) is 4.67. The Kier molecular flexibility index (Phi) is 4.72. The van der Waals surface area contributed by atoms with Gasteiger partial charge >= 0.3 is 0 Å². The second-order valence-corrected chi connectivity index (χ2v) is 7.85. The number of ketones is 1. The zero-order chi connectivity index (χ0) is 18.0. The molecule has 6 heteroatoms. The van der Waals surface area contributed by atoms with E-state index in [2.05, 4.69) is 10.3 Å². The van der Waals surface area contributed by atoms with E-state index >= 15 is 0 Å². The number of carbonyl (C=O) groups excluding carboxylic acids is 2. The van der Waals surface area contributed by atoms with Gasteiger partial charge in [-0.1, -0.05) is 26.8 Å². The average molecular weight is 356 g/mol. The molecule has 0 unspecified atom stereocenters. The Morgan fingerprint density at radius 3 is 2.68 bits per heavy atom. The molecule has 1 aromatic carbocycles. The fraction of sp³-hybridized carbons (Fsp3) is 0.316. The number of fused-ring (bicyclic) bond motifs is 1. The number of benzene rings is 1. The van der Waals surface area contributed by atoms with E-state index in [1.54, 1.807) is 24.3 Å². The largest absolute Gasteiger partial charge is 0.440 e. The normalized spacial score (nSPS) is 11.6. The fourth-order valence-corrected chi connectivity index (χ4v) is 3.03. The molecule has 5 nitrogen and oxygen atoms in total. The molecule has 130 valence electrons. The maximum atomic E-state index is 12.1. The highest BCUT2D eigenvalue weighted by atomic mass is 32.1. The predicted octanol–water partition coefficient (Wildman–Crippen LogP) is 4.79. The van der Waals surface area contributed by atoms with Gasteiger partial charge < -0.3 is 9.73 Å². The molecular weight excluding hydrogens is 336 g/mol. The van der Waals surface area contributed by atoms with Crippen LogP contribution in [-0.4, -0.2) is 16.7 Å². The number of carbonyl (C=O) groups is 2. The van der Waals surface area contributed by atoms with Gasteiger partial charge in [0.2, 0.25) is 11.8 Å². The molecule has 0 aliphatic rings. The molecule has 0 radical (unpaired) electrons. The zero-order valence-electron chi connectivity index (χ0n) is 14.5. The first kappa shape index (κ1) is 17.4. The third-order valence-corrected chi connectivity index (χ3v) is 4.60. The molecule has 0 saturated heterocycles. The molecule has 2 aromatic heterocycles. The lowest BCUT2D eigenvalue weighted by molar-refractivity contribution is -0.116. The van der Waals surface area contributed by atoms with Crippen LogP contribution < -0.4 is 5.32 Å². The first-order valence-electron chi connectivity index (χ1n) is 8.10. The van der Waals surface area contributed by atoms with Crippen LogP contribution in [0.15, 0.2) is 40.1 Å². The molecule has 0 spiro atoms. The van der Waals surface area contributed by atoms with E-state index in [1.165, 1.54) is 11.3 Å². The van der Waals surface area contributed by atoms with Gasteiger partial charge in [0.05, 0.1) is 4.88 Å². The number of oxazole rings is 1. The van der Waals surface area contributed by atoms with Crippen molar-refractivity contribution in [1.29, 1.82) is 0 Å². The van der Waals surface area contributed by atoms with Crippen molar-refractivity contribution in [2.75, 3.05) is 5.32 Å². The summed E-state index contributed by atoms with van der Waals surface area (Å²) >= 11 is 1.39. The maximum absolute atomic E-state index is 12.1. The molecule has 25 heavy (non-hydrogen) atoms. The van der Waals surface area contributed by atoms with Gasteiger partial charge in [-0.2, -0.15) is 0 Å². The Hall–Kier alpha value is -2.47. The van der Waals surface area contributed by atoms with Gasteiger partial charge in [-0.15, -0.1) is 11.3 Å². The number of hydrogen-bond donors (Lipinski definition) is 1. The van der Waals surface area contributed by atoms with E-state index in [0.29, 0.717) is 27.6 Å². The maximum Gasteiger partial charge on any atom is 0.224 e. The molecule has 1 amide bonds. The first-order chi connectivity index (χ1) is 11.8. The summed E-state index contributed by atoms with van der Waals surface area (Å²) in [6.45, 7) is 6.10. The lowest BCUT2D eigenvalue weighted by Crippen LogP contribution is -2.13. The summed E-state index contributed by atoms with van der Waals surface area (Å²) < 4.78 is 5.75. The molecule has 3 rings (SSSR count). The Morgan fingerprint density at radius 2 is 2.00 bits per heavy atom. The minimum Gasteiger partial charge on any atom is -0.440 e. The third kappa shape index (κ3) is 4.14. The van der Waals surface area contributed by atoms with Crippen LogP contribution in [0.4, 0.5) is 5.69 Å². The highest BCUT2D eigenvalue weighted by molar-refractivity contribution is 7.12. The first-order valence-corrected chi connectivity index (χ1v) is 8.98. The van der Waals surface area contributed by atoms with Crippen molar-refractivity contribution < 1.29 is 14.0 Å². The van der Waals surface area contributed by atoms with Crippen LogP contribution in [0.3, 0.4) is 0 Å². The number of nitrogens with zero attached hydrogens (tertiary/aromatic N) is 1. The van der Waals surface area contributed by atoms with E-state index in [4.69, 9.17) is 4.42 Å². The van der Waals surface area contributed by atoms with E-state index in [-0.39, 0.29) is 29.9 Å². The molecule has 1 N–H and O–H groups in total.